The molecule has 0 bridgehead atoms. The fraction of sp³-hybridized carbons (Fsp3) is 1.00. The average molecular weight is 288 g/mol. The van der Waals surface area contributed by atoms with E-state index < -0.39 is 9.84 Å². The maximum atomic E-state index is 11.5. The molecule has 1 atom stereocenters. The Morgan fingerprint density at radius 2 is 2.00 bits per heavy atom. The first-order valence-corrected chi connectivity index (χ1v) is 9.46. The monoisotopic (exact) mass is 288 g/mol. The molecule has 1 heterocycles. The van der Waals surface area contributed by atoms with Gasteiger partial charge in [0.05, 0.1) is 11.5 Å². The number of hydrogen-bond acceptors (Lipinski definition) is 4. The van der Waals surface area contributed by atoms with Gasteiger partial charge >= 0.3 is 0 Å². The normalized spacial score (nSPS) is 30.1. The van der Waals surface area contributed by atoms with Gasteiger partial charge in [-0.1, -0.05) is 26.2 Å². The summed E-state index contributed by atoms with van der Waals surface area (Å²) >= 11 is 0. The van der Waals surface area contributed by atoms with Crippen LogP contribution in [0.3, 0.4) is 0 Å². The van der Waals surface area contributed by atoms with Crippen molar-refractivity contribution in [2.24, 2.45) is 5.41 Å². The minimum Gasteiger partial charge on any atom is -0.316 e. The molecule has 1 saturated heterocycles. The second-order valence-electron chi connectivity index (χ2n) is 6.60. The topological polar surface area (TPSA) is 58.2 Å². The van der Waals surface area contributed by atoms with Gasteiger partial charge in [0, 0.05) is 19.1 Å². The number of hydrogen-bond donors (Lipinski definition) is 2. The lowest BCUT2D eigenvalue weighted by atomic mass is 9.76. The van der Waals surface area contributed by atoms with E-state index in [1.54, 1.807) is 0 Å². The first-order chi connectivity index (χ1) is 8.99. The summed E-state index contributed by atoms with van der Waals surface area (Å²) < 4.78 is 23.1. The Bertz CT molecular complexity index is 375. The van der Waals surface area contributed by atoms with Crippen LogP contribution in [0.1, 0.15) is 45.4 Å². The molecule has 4 nitrogen and oxygen atoms in total. The number of rotatable bonds is 5. The van der Waals surface area contributed by atoms with Crippen molar-refractivity contribution in [1.82, 2.24) is 10.6 Å². The standard InChI is InChI=1S/C14H28N2O2S/c1-14(6-3-2-4-7-14)12-15-8-5-13-11-19(17,18)10-9-16-13/h13,15-16H,2-12H2,1H3. The molecule has 1 aliphatic carbocycles. The summed E-state index contributed by atoms with van der Waals surface area (Å²) in [6.45, 7) is 4.99. The number of sulfone groups is 1. The van der Waals surface area contributed by atoms with Gasteiger partial charge in [-0.15, -0.1) is 0 Å². The number of nitrogens with one attached hydrogen (secondary N) is 2. The molecule has 112 valence electrons. The minimum absolute atomic E-state index is 0.144. The van der Waals surface area contributed by atoms with Gasteiger partial charge in [0.2, 0.25) is 0 Å². The van der Waals surface area contributed by atoms with Crippen LogP contribution in [-0.2, 0) is 9.84 Å². The lowest BCUT2D eigenvalue weighted by Gasteiger charge is -2.34. The summed E-state index contributed by atoms with van der Waals surface area (Å²) in [7, 11) is -2.79. The van der Waals surface area contributed by atoms with Gasteiger partial charge < -0.3 is 10.6 Å². The summed E-state index contributed by atoms with van der Waals surface area (Å²) in [4.78, 5) is 0. The van der Waals surface area contributed by atoms with E-state index in [1.165, 1.54) is 32.1 Å². The molecule has 1 unspecified atom stereocenters. The summed E-state index contributed by atoms with van der Waals surface area (Å²) in [6.07, 6.45) is 7.68. The van der Waals surface area contributed by atoms with Crippen molar-refractivity contribution in [2.45, 2.75) is 51.5 Å². The van der Waals surface area contributed by atoms with Crippen LogP contribution in [0, 0.1) is 5.41 Å². The third-order valence-electron chi connectivity index (χ3n) is 4.58. The second kappa shape index (κ2) is 6.55. The highest BCUT2D eigenvalue weighted by Gasteiger charge is 2.27. The molecule has 0 aromatic rings. The van der Waals surface area contributed by atoms with Crippen LogP contribution in [0.2, 0.25) is 0 Å². The summed E-state index contributed by atoms with van der Waals surface area (Å²) in [6, 6.07) is 0.144. The zero-order chi connectivity index (χ0) is 13.8. The molecule has 1 aliphatic heterocycles. The van der Waals surface area contributed by atoms with E-state index in [2.05, 4.69) is 17.6 Å². The Kier molecular flexibility index (Phi) is 5.26. The maximum Gasteiger partial charge on any atom is 0.153 e. The molecular weight excluding hydrogens is 260 g/mol. The van der Waals surface area contributed by atoms with E-state index in [1.807, 2.05) is 0 Å². The highest BCUT2D eigenvalue weighted by atomic mass is 32.2. The van der Waals surface area contributed by atoms with Crippen LogP contribution >= 0.6 is 0 Å². The lowest BCUT2D eigenvalue weighted by Crippen LogP contribution is -2.46. The Hall–Kier alpha value is -0.130. The van der Waals surface area contributed by atoms with E-state index >= 15 is 0 Å². The summed E-state index contributed by atoms with van der Waals surface area (Å²) in [5.74, 6) is 0.612. The van der Waals surface area contributed by atoms with Gasteiger partial charge in [0.1, 0.15) is 0 Å². The van der Waals surface area contributed by atoms with Gasteiger partial charge in [0.25, 0.3) is 0 Å². The molecule has 1 saturated carbocycles. The highest BCUT2D eigenvalue weighted by molar-refractivity contribution is 7.91. The fourth-order valence-corrected chi connectivity index (χ4v) is 4.79. The highest BCUT2D eigenvalue weighted by Crippen LogP contribution is 2.34. The van der Waals surface area contributed by atoms with E-state index in [9.17, 15) is 8.42 Å². The van der Waals surface area contributed by atoms with Crippen molar-refractivity contribution in [3.8, 4) is 0 Å². The van der Waals surface area contributed by atoms with Crippen LogP contribution in [0.15, 0.2) is 0 Å². The van der Waals surface area contributed by atoms with Gasteiger partial charge in [-0.2, -0.15) is 0 Å². The largest absolute Gasteiger partial charge is 0.316 e. The van der Waals surface area contributed by atoms with E-state index in [0.29, 0.717) is 23.5 Å². The Morgan fingerprint density at radius 1 is 1.26 bits per heavy atom. The molecule has 19 heavy (non-hydrogen) atoms. The third kappa shape index (κ3) is 5.04. The lowest BCUT2D eigenvalue weighted by molar-refractivity contribution is 0.207. The van der Waals surface area contributed by atoms with Crippen LogP contribution in [0.25, 0.3) is 0 Å². The smallest absolute Gasteiger partial charge is 0.153 e. The first-order valence-electron chi connectivity index (χ1n) is 7.64. The molecule has 2 fully saturated rings. The molecule has 0 amide bonds. The minimum atomic E-state index is -2.79. The molecule has 0 spiro atoms. The van der Waals surface area contributed by atoms with Crippen LogP contribution < -0.4 is 10.6 Å². The quantitative estimate of drug-likeness (QED) is 0.749. The Labute approximate surface area is 117 Å². The van der Waals surface area contributed by atoms with Gasteiger partial charge in [0.15, 0.2) is 9.84 Å². The first kappa shape index (κ1) is 15.3. The maximum absolute atomic E-state index is 11.5. The SMILES string of the molecule is CC1(CNCCC2CS(=O)(=O)CCN2)CCCCC1. The van der Waals surface area contributed by atoms with Crippen molar-refractivity contribution < 1.29 is 8.42 Å². The molecule has 2 rings (SSSR count). The molecular formula is C14H28N2O2S. The van der Waals surface area contributed by atoms with Crippen LogP contribution in [-0.4, -0.2) is 45.6 Å². The molecule has 0 aromatic heterocycles. The van der Waals surface area contributed by atoms with Crippen molar-refractivity contribution in [2.75, 3.05) is 31.1 Å². The van der Waals surface area contributed by atoms with E-state index in [0.717, 1.165) is 19.5 Å². The second-order valence-corrected chi connectivity index (χ2v) is 8.83. The van der Waals surface area contributed by atoms with E-state index in [-0.39, 0.29) is 6.04 Å². The van der Waals surface area contributed by atoms with E-state index in [4.69, 9.17) is 0 Å². The molecule has 0 aromatic carbocycles. The van der Waals surface area contributed by atoms with Crippen LogP contribution in [0.5, 0.6) is 0 Å². The van der Waals surface area contributed by atoms with Gasteiger partial charge in [-0.25, -0.2) is 8.42 Å². The van der Waals surface area contributed by atoms with Crippen molar-refractivity contribution >= 4 is 9.84 Å². The van der Waals surface area contributed by atoms with Gasteiger partial charge in [-0.05, 0) is 31.2 Å². The summed E-state index contributed by atoms with van der Waals surface area (Å²) in [5.41, 5.74) is 0.463. The van der Waals surface area contributed by atoms with Gasteiger partial charge in [-0.3, -0.25) is 0 Å². The zero-order valence-electron chi connectivity index (χ0n) is 12.1. The van der Waals surface area contributed by atoms with Crippen molar-refractivity contribution in [3.05, 3.63) is 0 Å². The predicted octanol–water partition coefficient (Wildman–Crippen LogP) is 1.32. The third-order valence-corrected chi connectivity index (χ3v) is 6.32. The van der Waals surface area contributed by atoms with Crippen LogP contribution in [0.4, 0.5) is 0 Å². The molecule has 2 N–H and O–H groups in total. The average Bonchev–Trinajstić information content (AvgIpc) is 2.35. The van der Waals surface area contributed by atoms with Crippen molar-refractivity contribution in [3.63, 3.8) is 0 Å². The van der Waals surface area contributed by atoms with Crippen molar-refractivity contribution in [1.29, 1.82) is 0 Å². The zero-order valence-corrected chi connectivity index (χ0v) is 12.9. The molecule has 5 heteroatoms. The fourth-order valence-electron chi connectivity index (χ4n) is 3.30. The molecule has 0 radical (unpaired) electrons. The summed E-state index contributed by atoms with van der Waals surface area (Å²) in [5, 5.41) is 6.84. The molecule has 2 aliphatic rings. The Balaban J connectivity index is 1.64. The Morgan fingerprint density at radius 3 is 2.68 bits per heavy atom. The predicted molar refractivity (Wildman–Crippen MR) is 79.1 cm³/mol.